The zero-order valence-corrected chi connectivity index (χ0v) is 13.6. The third-order valence-electron chi connectivity index (χ3n) is 4.01. The van der Waals surface area contributed by atoms with E-state index in [0.29, 0.717) is 23.2 Å². The van der Waals surface area contributed by atoms with E-state index in [4.69, 9.17) is 5.73 Å². The molecule has 0 atom stereocenters. The van der Waals surface area contributed by atoms with Gasteiger partial charge in [0.15, 0.2) is 5.82 Å². The van der Waals surface area contributed by atoms with Gasteiger partial charge < -0.3 is 5.73 Å². The number of anilines is 1. The number of rotatable bonds is 3. The number of para-hydroxylation sites is 3. The van der Waals surface area contributed by atoms with Crippen molar-refractivity contribution < 1.29 is 0 Å². The Hall–Kier alpha value is -3.48. The average Bonchev–Trinajstić information content (AvgIpc) is 2.95. The monoisotopic (exact) mass is 332 g/mol. The molecule has 2 N–H and O–H groups in total. The van der Waals surface area contributed by atoms with Crippen LogP contribution in [0.15, 0.2) is 58.3 Å². The van der Waals surface area contributed by atoms with Gasteiger partial charge in [0.05, 0.1) is 23.3 Å². The molecule has 0 aliphatic carbocycles. The van der Waals surface area contributed by atoms with Gasteiger partial charge in [0.25, 0.3) is 0 Å². The summed E-state index contributed by atoms with van der Waals surface area (Å²) in [5.41, 5.74) is 9.17. The lowest BCUT2D eigenvalue weighted by atomic mass is 10.2. The van der Waals surface area contributed by atoms with Crippen LogP contribution in [-0.4, -0.2) is 25.4 Å². The molecule has 0 saturated carbocycles. The van der Waals surface area contributed by atoms with E-state index in [0.717, 1.165) is 11.3 Å². The molecule has 0 spiro atoms. The summed E-state index contributed by atoms with van der Waals surface area (Å²) in [4.78, 5) is 21.6. The smallest absolute Gasteiger partial charge is 0.351 e. The second-order valence-corrected chi connectivity index (χ2v) is 5.60. The van der Waals surface area contributed by atoms with Crippen molar-refractivity contribution in [3.63, 3.8) is 0 Å². The van der Waals surface area contributed by atoms with Crippen LogP contribution in [0.1, 0.15) is 12.5 Å². The summed E-state index contributed by atoms with van der Waals surface area (Å²) in [6.07, 6.45) is 1.72. The van der Waals surface area contributed by atoms with Gasteiger partial charge in [-0.15, -0.1) is 5.10 Å². The Bertz CT molecular complexity index is 1170. The first-order valence-corrected chi connectivity index (χ1v) is 7.89. The number of hydrogen-bond acceptors (Lipinski definition) is 5. The summed E-state index contributed by atoms with van der Waals surface area (Å²) in [6.45, 7) is 2.16. The maximum Gasteiger partial charge on any atom is 0.351 e. The van der Waals surface area contributed by atoms with E-state index < -0.39 is 0 Å². The second-order valence-electron chi connectivity index (χ2n) is 5.60. The molecule has 0 saturated heterocycles. The van der Waals surface area contributed by atoms with Crippen LogP contribution in [0.25, 0.3) is 16.7 Å². The zero-order valence-electron chi connectivity index (χ0n) is 13.6. The summed E-state index contributed by atoms with van der Waals surface area (Å²) in [5, 5.41) is 4.39. The third-order valence-corrected chi connectivity index (χ3v) is 4.01. The number of nitrogens with zero attached hydrogens (tertiary/aromatic N) is 5. The highest BCUT2D eigenvalue weighted by molar-refractivity contribution is 5.81. The fourth-order valence-corrected chi connectivity index (χ4v) is 2.89. The maximum atomic E-state index is 12.9. The van der Waals surface area contributed by atoms with Gasteiger partial charge in [0, 0.05) is 6.21 Å². The normalized spacial score (nSPS) is 11.7. The Morgan fingerprint density at radius 1 is 1.16 bits per heavy atom. The molecular formula is C18H16N6O. The zero-order chi connectivity index (χ0) is 17.4. The lowest BCUT2D eigenvalue weighted by Gasteiger charge is -2.04. The fraction of sp³-hybridized carbons (Fsp3) is 0.111. The Morgan fingerprint density at radius 2 is 1.92 bits per heavy atom. The van der Waals surface area contributed by atoms with Crippen LogP contribution >= 0.6 is 0 Å². The molecule has 0 fully saturated rings. The van der Waals surface area contributed by atoms with E-state index in [2.05, 4.69) is 15.1 Å². The van der Waals surface area contributed by atoms with Crippen LogP contribution in [0.2, 0.25) is 0 Å². The van der Waals surface area contributed by atoms with Crippen LogP contribution in [0.5, 0.6) is 0 Å². The first-order valence-electron chi connectivity index (χ1n) is 7.89. The van der Waals surface area contributed by atoms with E-state index in [-0.39, 0.29) is 11.5 Å². The lowest BCUT2D eigenvalue weighted by molar-refractivity contribution is 0.661. The summed E-state index contributed by atoms with van der Waals surface area (Å²) in [5.74, 6) is 0.231. The first-order chi connectivity index (χ1) is 12.2. The Kier molecular flexibility index (Phi) is 3.53. The molecule has 4 aromatic rings. The summed E-state index contributed by atoms with van der Waals surface area (Å²) in [6, 6.07) is 15.0. The molecular weight excluding hydrogens is 316 g/mol. The molecule has 0 bridgehead atoms. The van der Waals surface area contributed by atoms with Gasteiger partial charge in [-0.1, -0.05) is 30.3 Å². The molecule has 0 amide bonds. The highest BCUT2D eigenvalue weighted by atomic mass is 16.2. The van der Waals surface area contributed by atoms with Gasteiger partial charge in [-0.3, -0.25) is 4.99 Å². The van der Waals surface area contributed by atoms with Crippen LogP contribution in [-0.2, 0) is 6.54 Å². The molecule has 0 aliphatic heterocycles. The van der Waals surface area contributed by atoms with E-state index in [9.17, 15) is 4.79 Å². The fourth-order valence-electron chi connectivity index (χ4n) is 2.89. The largest absolute Gasteiger partial charge is 0.381 e. The second kappa shape index (κ2) is 5.86. The summed E-state index contributed by atoms with van der Waals surface area (Å²) in [7, 11) is 0. The van der Waals surface area contributed by atoms with Gasteiger partial charge in [-0.25, -0.2) is 18.9 Å². The van der Waals surface area contributed by atoms with E-state index in [1.54, 1.807) is 6.21 Å². The standard InChI is InChI=1S/C18H16N6O/c1-2-20-13-8-4-3-7-12(13)11-23-18(25)24-15-10-6-5-9-14(15)21-16(19)17(24)22-23/h2-10H,11H2,1H3,(H2,19,21). The van der Waals surface area contributed by atoms with Crippen molar-refractivity contribution in [2.24, 2.45) is 4.99 Å². The molecule has 2 heterocycles. The van der Waals surface area contributed by atoms with Gasteiger partial charge in [-0.2, -0.15) is 0 Å². The highest BCUT2D eigenvalue weighted by Crippen LogP contribution is 2.20. The average molecular weight is 332 g/mol. The Labute approximate surface area is 143 Å². The van der Waals surface area contributed by atoms with Gasteiger partial charge in [0.2, 0.25) is 5.65 Å². The van der Waals surface area contributed by atoms with Gasteiger partial charge in [0.1, 0.15) is 0 Å². The topological polar surface area (TPSA) is 90.6 Å². The van der Waals surface area contributed by atoms with Crippen LogP contribution in [0.4, 0.5) is 11.5 Å². The van der Waals surface area contributed by atoms with Crippen LogP contribution < -0.4 is 11.4 Å². The number of aliphatic imine (C=N–C) groups is 1. The molecule has 7 nitrogen and oxygen atoms in total. The van der Waals surface area contributed by atoms with Crippen molar-refractivity contribution in [1.82, 2.24) is 19.2 Å². The minimum atomic E-state index is -0.254. The molecule has 25 heavy (non-hydrogen) atoms. The highest BCUT2D eigenvalue weighted by Gasteiger charge is 2.15. The third kappa shape index (κ3) is 2.46. The lowest BCUT2D eigenvalue weighted by Crippen LogP contribution is -2.22. The molecule has 2 aromatic carbocycles. The van der Waals surface area contributed by atoms with Crippen molar-refractivity contribution in [2.45, 2.75) is 13.5 Å². The SMILES string of the molecule is CC=Nc1ccccc1Cn1nc2c(N)nc3ccccc3n2c1=O. The number of aromatic nitrogens is 4. The number of nitrogen functional groups attached to an aromatic ring is 1. The molecule has 0 aliphatic rings. The first kappa shape index (κ1) is 15.1. The summed E-state index contributed by atoms with van der Waals surface area (Å²) >= 11 is 0. The summed E-state index contributed by atoms with van der Waals surface area (Å²) < 4.78 is 2.90. The molecule has 4 rings (SSSR count). The van der Waals surface area contributed by atoms with Crippen molar-refractivity contribution >= 4 is 34.4 Å². The number of hydrogen-bond donors (Lipinski definition) is 1. The minimum Gasteiger partial charge on any atom is -0.381 e. The van der Waals surface area contributed by atoms with Crippen molar-refractivity contribution in [2.75, 3.05) is 5.73 Å². The Balaban J connectivity index is 1.93. The van der Waals surface area contributed by atoms with Crippen LogP contribution in [0.3, 0.4) is 0 Å². The Morgan fingerprint density at radius 3 is 2.76 bits per heavy atom. The molecule has 2 aromatic heterocycles. The van der Waals surface area contributed by atoms with Crippen molar-refractivity contribution in [1.29, 1.82) is 0 Å². The van der Waals surface area contributed by atoms with Crippen molar-refractivity contribution in [3.05, 3.63) is 64.6 Å². The number of benzene rings is 2. The predicted octanol–water partition coefficient (Wildman–Crippen LogP) is 2.40. The van der Waals surface area contributed by atoms with Gasteiger partial charge >= 0.3 is 5.69 Å². The molecule has 124 valence electrons. The maximum absolute atomic E-state index is 12.9. The molecule has 0 radical (unpaired) electrons. The predicted molar refractivity (Wildman–Crippen MR) is 98.5 cm³/mol. The molecule has 0 unspecified atom stereocenters. The minimum absolute atomic E-state index is 0.231. The molecule has 7 heteroatoms. The van der Waals surface area contributed by atoms with Gasteiger partial charge in [-0.05, 0) is 30.7 Å². The van der Waals surface area contributed by atoms with E-state index in [1.807, 2.05) is 55.5 Å². The van der Waals surface area contributed by atoms with Crippen LogP contribution in [0, 0.1) is 0 Å². The number of nitrogens with two attached hydrogens (primary N) is 1. The quantitative estimate of drug-likeness (QED) is 0.583. The van der Waals surface area contributed by atoms with E-state index in [1.165, 1.54) is 9.08 Å². The van der Waals surface area contributed by atoms with Crippen molar-refractivity contribution in [3.8, 4) is 0 Å². The number of fused-ring (bicyclic) bond motifs is 3. The van der Waals surface area contributed by atoms with E-state index >= 15 is 0 Å².